The first-order valence-corrected chi connectivity index (χ1v) is 7.29. The molecule has 0 spiro atoms. The number of methoxy groups -OCH3 is 1. The number of nitrogens with one attached hydrogen (secondary N) is 1. The van der Waals surface area contributed by atoms with E-state index in [4.69, 9.17) is 4.74 Å². The van der Waals surface area contributed by atoms with Gasteiger partial charge in [0.15, 0.2) is 0 Å². The summed E-state index contributed by atoms with van der Waals surface area (Å²) in [6.45, 7) is 0.548. The third-order valence-electron chi connectivity index (χ3n) is 3.29. The van der Waals surface area contributed by atoms with Gasteiger partial charge in [0.1, 0.15) is 0 Å². The molecule has 0 aromatic heterocycles. The molecule has 1 N–H and O–H groups in total. The maximum Gasteiger partial charge on any atom is 0.271 e. The summed E-state index contributed by atoms with van der Waals surface area (Å²) in [5, 5.41) is 4.00. The van der Waals surface area contributed by atoms with Crippen molar-refractivity contribution in [1.29, 1.82) is 0 Å². The van der Waals surface area contributed by atoms with Gasteiger partial charge in [-0.2, -0.15) is 5.10 Å². The number of rotatable bonds is 6. The van der Waals surface area contributed by atoms with Gasteiger partial charge in [-0.25, -0.2) is 5.43 Å². The number of hydrogen-bond acceptors (Lipinski definition) is 4. The van der Waals surface area contributed by atoms with Crippen molar-refractivity contribution >= 4 is 17.8 Å². The van der Waals surface area contributed by atoms with Crippen molar-refractivity contribution in [2.24, 2.45) is 5.10 Å². The molecule has 0 aliphatic rings. The Morgan fingerprint density at radius 3 is 2.61 bits per heavy atom. The molecule has 2 rings (SSSR count). The lowest BCUT2D eigenvalue weighted by Gasteiger charge is -2.12. The van der Waals surface area contributed by atoms with Crippen LogP contribution in [0.4, 0.5) is 5.69 Å². The Balaban J connectivity index is 1.96. The van der Waals surface area contributed by atoms with Gasteiger partial charge in [-0.05, 0) is 41.5 Å². The third kappa shape index (κ3) is 4.93. The highest BCUT2D eigenvalue weighted by molar-refractivity contribution is 5.95. The van der Waals surface area contributed by atoms with Crippen LogP contribution in [0.15, 0.2) is 53.6 Å². The number of hydrogen-bond donors (Lipinski definition) is 1. The topological polar surface area (TPSA) is 53.9 Å². The maximum absolute atomic E-state index is 12.0. The van der Waals surface area contributed by atoms with Crippen LogP contribution in [0.2, 0.25) is 0 Å². The number of hydrazone groups is 1. The number of carbonyl (C=O) groups is 1. The van der Waals surface area contributed by atoms with Crippen molar-refractivity contribution in [2.45, 2.75) is 6.61 Å². The fraction of sp³-hybridized carbons (Fsp3) is 0.222. The first-order valence-electron chi connectivity index (χ1n) is 7.29. The minimum atomic E-state index is -0.236. The Morgan fingerprint density at radius 2 is 1.96 bits per heavy atom. The molecule has 2 aromatic carbocycles. The highest BCUT2D eigenvalue weighted by Gasteiger charge is 2.04. The second kappa shape index (κ2) is 8.10. The van der Waals surface area contributed by atoms with Gasteiger partial charge in [0.05, 0.1) is 12.8 Å². The van der Waals surface area contributed by atoms with Crippen molar-refractivity contribution in [3.8, 4) is 0 Å². The maximum atomic E-state index is 12.0. The second-order valence-corrected chi connectivity index (χ2v) is 5.32. The van der Waals surface area contributed by atoms with Crippen LogP contribution in [0, 0.1) is 0 Å². The van der Waals surface area contributed by atoms with Crippen LogP contribution >= 0.6 is 0 Å². The molecule has 0 saturated carbocycles. The van der Waals surface area contributed by atoms with Gasteiger partial charge in [0.2, 0.25) is 0 Å². The SMILES string of the molecule is COCc1cccc(C=NNC(=O)c2ccc(N(C)C)cc2)c1. The second-order valence-electron chi connectivity index (χ2n) is 5.32. The smallest absolute Gasteiger partial charge is 0.271 e. The Hall–Kier alpha value is -2.66. The molecule has 120 valence electrons. The summed E-state index contributed by atoms with van der Waals surface area (Å²) in [7, 11) is 5.57. The zero-order chi connectivity index (χ0) is 16.7. The molecule has 0 fully saturated rings. The van der Waals surface area contributed by atoms with E-state index in [0.717, 1.165) is 16.8 Å². The molecular formula is C18H21N3O2. The fourth-order valence-corrected chi connectivity index (χ4v) is 2.07. The Morgan fingerprint density at radius 1 is 1.22 bits per heavy atom. The van der Waals surface area contributed by atoms with Gasteiger partial charge >= 0.3 is 0 Å². The summed E-state index contributed by atoms with van der Waals surface area (Å²) >= 11 is 0. The van der Waals surface area contributed by atoms with Crippen LogP contribution < -0.4 is 10.3 Å². The van der Waals surface area contributed by atoms with Gasteiger partial charge in [0.25, 0.3) is 5.91 Å². The largest absolute Gasteiger partial charge is 0.380 e. The normalized spacial score (nSPS) is 10.7. The number of ether oxygens (including phenoxy) is 1. The summed E-state index contributed by atoms with van der Waals surface area (Å²) in [5.41, 5.74) is 6.11. The Labute approximate surface area is 136 Å². The lowest BCUT2D eigenvalue weighted by atomic mass is 10.1. The predicted octanol–water partition coefficient (Wildman–Crippen LogP) is 2.66. The molecule has 2 aromatic rings. The molecule has 0 saturated heterocycles. The van der Waals surface area contributed by atoms with Gasteiger partial charge < -0.3 is 9.64 Å². The molecule has 5 nitrogen and oxygen atoms in total. The molecule has 0 aliphatic carbocycles. The number of benzene rings is 2. The number of nitrogens with zero attached hydrogens (tertiary/aromatic N) is 2. The van der Waals surface area contributed by atoms with E-state index in [1.54, 1.807) is 25.5 Å². The van der Waals surface area contributed by atoms with Crippen LogP contribution in [0.25, 0.3) is 0 Å². The molecule has 0 bridgehead atoms. The van der Waals surface area contributed by atoms with E-state index in [9.17, 15) is 4.79 Å². The first-order chi connectivity index (χ1) is 11.1. The lowest BCUT2D eigenvalue weighted by molar-refractivity contribution is 0.0955. The van der Waals surface area contributed by atoms with Crippen molar-refractivity contribution < 1.29 is 9.53 Å². The van der Waals surface area contributed by atoms with E-state index < -0.39 is 0 Å². The van der Waals surface area contributed by atoms with Gasteiger partial charge in [-0.3, -0.25) is 4.79 Å². The summed E-state index contributed by atoms with van der Waals surface area (Å²) in [6, 6.07) is 15.1. The van der Waals surface area contributed by atoms with Crippen LogP contribution in [-0.2, 0) is 11.3 Å². The lowest BCUT2D eigenvalue weighted by Crippen LogP contribution is -2.18. The van der Waals surface area contributed by atoms with Crippen LogP contribution in [-0.4, -0.2) is 33.3 Å². The van der Waals surface area contributed by atoms with E-state index >= 15 is 0 Å². The minimum Gasteiger partial charge on any atom is -0.380 e. The number of amides is 1. The standard InChI is InChI=1S/C18H21N3O2/c1-21(2)17-9-7-16(8-10-17)18(22)20-19-12-14-5-4-6-15(11-14)13-23-3/h4-12H,13H2,1-3H3,(H,20,22). The monoisotopic (exact) mass is 311 g/mol. The zero-order valence-corrected chi connectivity index (χ0v) is 13.6. The fourth-order valence-electron chi connectivity index (χ4n) is 2.07. The Bertz CT molecular complexity index is 679. The molecule has 0 heterocycles. The van der Waals surface area contributed by atoms with E-state index in [1.165, 1.54) is 0 Å². The van der Waals surface area contributed by atoms with Gasteiger partial charge in [-0.15, -0.1) is 0 Å². The summed E-state index contributed by atoms with van der Waals surface area (Å²) in [4.78, 5) is 14.0. The molecular weight excluding hydrogens is 290 g/mol. The average molecular weight is 311 g/mol. The minimum absolute atomic E-state index is 0.236. The molecule has 23 heavy (non-hydrogen) atoms. The first kappa shape index (κ1) is 16.7. The van der Waals surface area contributed by atoms with E-state index in [-0.39, 0.29) is 5.91 Å². The number of carbonyl (C=O) groups excluding carboxylic acids is 1. The van der Waals surface area contributed by atoms with Gasteiger partial charge in [-0.1, -0.05) is 18.2 Å². The molecule has 0 unspecified atom stereocenters. The molecule has 0 radical (unpaired) electrons. The molecule has 5 heteroatoms. The summed E-state index contributed by atoms with van der Waals surface area (Å²) in [5.74, 6) is -0.236. The molecule has 0 atom stereocenters. The predicted molar refractivity (Wildman–Crippen MR) is 93.0 cm³/mol. The molecule has 1 amide bonds. The quantitative estimate of drug-likeness (QED) is 0.659. The van der Waals surface area contributed by atoms with Gasteiger partial charge in [0, 0.05) is 32.5 Å². The highest BCUT2D eigenvalue weighted by Crippen LogP contribution is 2.12. The van der Waals surface area contributed by atoms with Crippen LogP contribution in [0.3, 0.4) is 0 Å². The van der Waals surface area contributed by atoms with Crippen molar-refractivity contribution in [3.63, 3.8) is 0 Å². The number of anilines is 1. The van der Waals surface area contributed by atoms with Crippen LogP contribution in [0.5, 0.6) is 0 Å². The van der Waals surface area contributed by atoms with E-state index in [1.807, 2.05) is 55.4 Å². The third-order valence-corrected chi connectivity index (χ3v) is 3.29. The van der Waals surface area contributed by atoms with Crippen molar-refractivity contribution in [1.82, 2.24) is 5.43 Å². The average Bonchev–Trinajstić information content (AvgIpc) is 2.55. The zero-order valence-electron chi connectivity index (χ0n) is 13.6. The summed E-state index contributed by atoms with van der Waals surface area (Å²) < 4.78 is 5.09. The highest BCUT2D eigenvalue weighted by atomic mass is 16.5. The van der Waals surface area contributed by atoms with Crippen molar-refractivity contribution in [2.75, 3.05) is 26.1 Å². The summed E-state index contributed by atoms with van der Waals surface area (Å²) in [6.07, 6.45) is 1.62. The van der Waals surface area contributed by atoms with Crippen LogP contribution in [0.1, 0.15) is 21.5 Å². The van der Waals surface area contributed by atoms with Crippen molar-refractivity contribution in [3.05, 3.63) is 65.2 Å². The van der Waals surface area contributed by atoms with E-state index in [2.05, 4.69) is 10.5 Å². The Kier molecular flexibility index (Phi) is 5.88. The molecule has 0 aliphatic heterocycles. The van der Waals surface area contributed by atoms with E-state index in [0.29, 0.717) is 12.2 Å².